The molecule has 0 saturated heterocycles. The molecule has 18 heavy (non-hydrogen) atoms. The third-order valence-corrected chi connectivity index (χ3v) is 2.76. The summed E-state index contributed by atoms with van der Waals surface area (Å²) in [4.78, 5) is 12.4. The topological polar surface area (TPSA) is 69.2 Å². The molecule has 0 aromatic carbocycles. The summed E-state index contributed by atoms with van der Waals surface area (Å²) < 4.78 is 10.6. The van der Waals surface area contributed by atoms with E-state index in [4.69, 9.17) is 9.47 Å². The Balaban J connectivity index is 1.92. The number of ether oxygens (including phenoxy) is 2. The molecular formula is C12H20N4O2. The Morgan fingerprint density at radius 2 is 2.00 bits per heavy atom. The Morgan fingerprint density at radius 1 is 1.22 bits per heavy atom. The van der Waals surface area contributed by atoms with Crippen LogP contribution < -0.4 is 14.8 Å². The number of aromatic nitrogens is 3. The number of methoxy groups -OCH3 is 1. The summed E-state index contributed by atoms with van der Waals surface area (Å²) in [6.07, 6.45) is 4.73. The zero-order chi connectivity index (χ0) is 12.8. The van der Waals surface area contributed by atoms with Crippen LogP contribution in [0.25, 0.3) is 0 Å². The third-order valence-electron chi connectivity index (χ3n) is 2.76. The van der Waals surface area contributed by atoms with Crippen LogP contribution in [0.1, 0.15) is 32.6 Å². The first-order valence-corrected chi connectivity index (χ1v) is 6.48. The first-order valence-electron chi connectivity index (χ1n) is 6.48. The van der Waals surface area contributed by atoms with Crippen molar-refractivity contribution in [2.24, 2.45) is 5.92 Å². The molecule has 1 saturated carbocycles. The van der Waals surface area contributed by atoms with E-state index in [1.54, 1.807) is 0 Å². The second-order valence-corrected chi connectivity index (χ2v) is 4.44. The second-order valence-electron chi connectivity index (χ2n) is 4.44. The van der Waals surface area contributed by atoms with Crippen LogP contribution in [0.5, 0.6) is 12.0 Å². The lowest BCUT2D eigenvalue weighted by Gasteiger charge is -2.08. The van der Waals surface area contributed by atoms with E-state index in [1.165, 1.54) is 20.0 Å². The van der Waals surface area contributed by atoms with Gasteiger partial charge in [0.25, 0.3) is 0 Å². The van der Waals surface area contributed by atoms with E-state index in [0.717, 1.165) is 25.3 Å². The maximum Gasteiger partial charge on any atom is 0.324 e. The molecule has 0 spiro atoms. The number of hydrogen-bond donors (Lipinski definition) is 1. The fraction of sp³-hybridized carbons (Fsp3) is 0.750. The van der Waals surface area contributed by atoms with Gasteiger partial charge in [-0.1, -0.05) is 19.8 Å². The highest BCUT2D eigenvalue weighted by Crippen LogP contribution is 2.32. The van der Waals surface area contributed by atoms with Gasteiger partial charge in [0.1, 0.15) is 0 Å². The molecule has 0 aliphatic heterocycles. The average Bonchev–Trinajstić information content (AvgIpc) is 3.20. The number of anilines is 1. The highest BCUT2D eigenvalue weighted by Gasteiger charge is 2.21. The summed E-state index contributed by atoms with van der Waals surface area (Å²) in [7, 11) is 1.53. The van der Waals surface area contributed by atoms with E-state index in [9.17, 15) is 0 Å². The molecule has 0 radical (unpaired) electrons. The molecule has 0 atom stereocenters. The molecule has 1 aliphatic rings. The Hall–Kier alpha value is -1.59. The molecule has 1 fully saturated rings. The summed E-state index contributed by atoms with van der Waals surface area (Å²) in [6.45, 7) is 3.55. The van der Waals surface area contributed by atoms with Crippen molar-refractivity contribution in [3.05, 3.63) is 0 Å². The minimum Gasteiger partial charge on any atom is -0.467 e. The van der Waals surface area contributed by atoms with Crippen LogP contribution in [0.3, 0.4) is 0 Å². The highest BCUT2D eigenvalue weighted by atomic mass is 16.5. The van der Waals surface area contributed by atoms with Gasteiger partial charge in [0.15, 0.2) is 0 Å². The predicted molar refractivity (Wildman–Crippen MR) is 68.0 cm³/mol. The fourth-order valence-corrected chi connectivity index (χ4v) is 1.53. The standard InChI is InChI=1S/C12H20N4O2/c1-3-7-13-10-14-11(17-2)16-12(15-10)18-8-6-9-4-5-9/h9H,3-8H2,1-2H3,(H,13,14,15,16). The van der Waals surface area contributed by atoms with Gasteiger partial charge in [0, 0.05) is 6.54 Å². The third kappa shape index (κ3) is 4.01. The van der Waals surface area contributed by atoms with Crippen molar-refractivity contribution in [2.75, 3.05) is 25.6 Å². The monoisotopic (exact) mass is 252 g/mol. The van der Waals surface area contributed by atoms with E-state index in [-0.39, 0.29) is 6.01 Å². The Bertz CT molecular complexity index is 382. The van der Waals surface area contributed by atoms with Crippen molar-refractivity contribution in [2.45, 2.75) is 32.6 Å². The summed E-state index contributed by atoms with van der Waals surface area (Å²) in [5.74, 6) is 1.34. The molecule has 1 aromatic heterocycles. The smallest absolute Gasteiger partial charge is 0.324 e. The Labute approximate surface area is 107 Å². The number of nitrogens with one attached hydrogen (secondary N) is 1. The molecule has 0 bridgehead atoms. The average molecular weight is 252 g/mol. The van der Waals surface area contributed by atoms with E-state index < -0.39 is 0 Å². The summed E-state index contributed by atoms with van der Waals surface area (Å²) in [5, 5.41) is 3.10. The molecule has 2 rings (SSSR count). The first kappa shape index (κ1) is 12.9. The lowest BCUT2D eigenvalue weighted by Crippen LogP contribution is -2.09. The van der Waals surface area contributed by atoms with Gasteiger partial charge in [-0.3, -0.25) is 0 Å². The lowest BCUT2D eigenvalue weighted by molar-refractivity contribution is 0.270. The maximum atomic E-state index is 5.54. The first-order chi connectivity index (χ1) is 8.81. The van der Waals surface area contributed by atoms with Gasteiger partial charge in [-0.2, -0.15) is 9.97 Å². The predicted octanol–water partition coefficient (Wildman–Crippen LogP) is 1.88. The molecule has 100 valence electrons. The number of hydrogen-bond acceptors (Lipinski definition) is 6. The lowest BCUT2D eigenvalue weighted by atomic mass is 10.3. The SMILES string of the molecule is CCCNc1nc(OC)nc(OCCC2CC2)n1. The van der Waals surface area contributed by atoms with E-state index in [1.807, 2.05) is 0 Å². The van der Waals surface area contributed by atoms with Crippen LogP contribution in [0.4, 0.5) is 5.95 Å². The highest BCUT2D eigenvalue weighted by molar-refractivity contribution is 5.27. The normalized spacial score (nSPS) is 14.3. The molecule has 1 aromatic rings. The zero-order valence-electron chi connectivity index (χ0n) is 11.0. The maximum absolute atomic E-state index is 5.54. The van der Waals surface area contributed by atoms with Crippen molar-refractivity contribution < 1.29 is 9.47 Å². The fourth-order valence-electron chi connectivity index (χ4n) is 1.53. The van der Waals surface area contributed by atoms with Crippen molar-refractivity contribution in [3.63, 3.8) is 0 Å². The molecule has 1 N–H and O–H groups in total. The minimum absolute atomic E-state index is 0.282. The zero-order valence-corrected chi connectivity index (χ0v) is 11.0. The minimum atomic E-state index is 0.282. The van der Waals surface area contributed by atoms with Crippen LogP contribution in [-0.2, 0) is 0 Å². The van der Waals surface area contributed by atoms with Crippen molar-refractivity contribution in [3.8, 4) is 12.0 Å². The Kier molecular flexibility index (Phi) is 4.55. The quantitative estimate of drug-likeness (QED) is 0.762. The second kappa shape index (κ2) is 6.37. The van der Waals surface area contributed by atoms with Crippen LogP contribution in [0, 0.1) is 5.92 Å². The van der Waals surface area contributed by atoms with Crippen LogP contribution >= 0.6 is 0 Å². The summed E-state index contributed by atoms with van der Waals surface area (Å²) in [5.41, 5.74) is 0. The van der Waals surface area contributed by atoms with Gasteiger partial charge in [0.05, 0.1) is 13.7 Å². The largest absolute Gasteiger partial charge is 0.467 e. The molecule has 6 heteroatoms. The van der Waals surface area contributed by atoms with Gasteiger partial charge in [-0.25, -0.2) is 0 Å². The van der Waals surface area contributed by atoms with E-state index >= 15 is 0 Å². The summed E-state index contributed by atoms with van der Waals surface area (Å²) >= 11 is 0. The van der Waals surface area contributed by atoms with Crippen LogP contribution in [-0.4, -0.2) is 35.2 Å². The van der Waals surface area contributed by atoms with Crippen molar-refractivity contribution in [1.29, 1.82) is 0 Å². The summed E-state index contributed by atoms with van der Waals surface area (Å²) in [6, 6.07) is 0.617. The van der Waals surface area contributed by atoms with Gasteiger partial charge < -0.3 is 14.8 Å². The number of rotatable bonds is 8. The van der Waals surface area contributed by atoms with Gasteiger partial charge in [0.2, 0.25) is 5.95 Å². The molecular weight excluding hydrogens is 232 g/mol. The van der Waals surface area contributed by atoms with E-state index in [0.29, 0.717) is 18.6 Å². The van der Waals surface area contributed by atoms with Crippen LogP contribution in [0.2, 0.25) is 0 Å². The Morgan fingerprint density at radius 3 is 2.67 bits per heavy atom. The van der Waals surface area contributed by atoms with Gasteiger partial charge in [-0.15, -0.1) is 4.98 Å². The molecule has 1 aliphatic carbocycles. The van der Waals surface area contributed by atoms with Crippen LogP contribution in [0.15, 0.2) is 0 Å². The molecule has 6 nitrogen and oxygen atoms in total. The van der Waals surface area contributed by atoms with Gasteiger partial charge >= 0.3 is 12.0 Å². The van der Waals surface area contributed by atoms with E-state index in [2.05, 4.69) is 27.2 Å². The van der Waals surface area contributed by atoms with Crippen molar-refractivity contribution in [1.82, 2.24) is 15.0 Å². The van der Waals surface area contributed by atoms with Gasteiger partial charge in [-0.05, 0) is 18.8 Å². The molecule has 1 heterocycles. The number of nitrogens with zero attached hydrogens (tertiary/aromatic N) is 3. The molecule has 0 unspecified atom stereocenters. The molecule has 0 amide bonds. The van der Waals surface area contributed by atoms with Crippen molar-refractivity contribution >= 4 is 5.95 Å².